The number of unbranched alkanes of at least 4 members (excludes halogenated alkanes) is 34. The number of allylic oxidation sites excluding steroid dienone is 2. The summed E-state index contributed by atoms with van der Waals surface area (Å²) in [5.74, 6) is -0.833. The van der Waals surface area contributed by atoms with E-state index in [4.69, 9.17) is 18.5 Å². The summed E-state index contributed by atoms with van der Waals surface area (Å²) in [6.07, 6.45) is 51.4. The number of carbonyl (C=O) groups excluding carboxylic acids is 2. The molecule has 0 heterocycles. The van der Waals surface area contributed by atoms with Crippen molar-refractivity contribution >= 4 is 19.8 Å². The predicted molar refractivity (Wildman–Crippen MR) is 264 cm³/mol. The van der Waals surface area contributed by atoms with Gasteiger partial charge < -0.3 is 27.9 Å². The molecule has 0 N–H and O–H groups in total. The maximum Gasteiger partial charge on any atom is 0.306 e. The lowest BCUT2D eigenvalue weighted by atomic mass is 10.0. The molecule has 0 aliphatic carbocycles. The topological polar surface area (TPSA) is 111 Å². The zero-order valence-electron chi connectivity index (χ0n) is 42.3. The van der Waals surface area contributed by atoms with Crippen LogP contribution in [0.2, 0.25) is 0 Å². The van der Waals surface area contributed by atoms with Crippen LogP contribution in [0.3, 0.4) is 0 Å². The molecule has 63 heavy (non-hydrogen) atoms. The molecule has 0 saturated heterocycles. The molecule has 0 rings (SSSR count). The lowest BCUT2D eigenvalue weighted by molar-refractivity contribution is -0.870. The van der Waals surface area contributed by atoms with Crippen LogP contribution in [-0.2, 0) is 32.7 Å². The number of rotatable bonds is 50. The zero-order chi connectivity index (χ0) is 46.4. The van der Waals surface area contributed by atoms with Crippen molar-refractivity contribution in [1.82, 2.24) is 0 Å². The van der Waals surface area contributed by atoms with Crippen molar-refractivity contribution in [2.45, 2.75) is 270 Å². The molecule has 0 spiro atoms. The molecule has 374 valence electrons. The van der Waals surface area contributed by atoms with Crippen LogP contribution in [-0.4, -0.2) is 70.0 Å². The van der Waals surface area contributed by atoms with Crippen LogP contribution >= 0.6 is 7.82 Å². The first-order valence-corrected chi connectivity index (χ1v) is 28.4. The Labute approximate surface area is 390 Å². The van der Waals surface area contributed by atoms with E-state index in [2.05, 4.69) is 26.0 Å². The Bertz CT molecular complexity index is 1080. The molecule has 0 aromatic heterocycles. The minimum atomic E-state index is -4.62. The lowest BCUT2D eigenvalue weighted by Crippen LogP contribution is -2.37. The van der Waals surface area contributed by atoms with Crippen molar-refractivity contribution < 1.29 is 42.1 Å². The van der Waals surface area contributed by atoms with E-state index >= 15 is 0 Å². The van der Waals surface area contributed by atoms with Gasteiger partial charge in [-0.25, -0.2) is 0 Å². The predicted octanol–water partition coefficient (Wildman–Crippen LogP) is 15.5. The Morgan fingerprint density at radius 1 is 0.476 bits per heavy atom. The highest BCUT2D eigenvalue weighted by molar-refractivity contribution is 7.45. The third kappa shape index (κ3) is 50.0. The number of carbonyl (C=O) groups is 2. The van der Waals surface area contributed by atoms with Gasteiger partial charge in [-0.1, -0.05) is 231 Å². The highest BCUT2D eigenvalue weighted by atomic mass is 31.2. The summed E-state index contributed by atoms with van der Waals surface area (Å²) in [4.78, 5) is 37.6. The van der Waals surface area contributed by atoms with Crippen molar-refractivity contribution in [2.24, 2.45) is 0 Å². The number of likely N-dealkylation sites (N-methyl/N-ethyl adjacent to an activating group) is 1. The van der Waals surface area contributed by atoms with Gasteiger partial charge in [0.15, 0.2) is 6.10 Å². The molecule has 0 aromatic carbocycles. The second-order valence-electron chi connectivity index (χ2n) is 19.6. The first kappa shape index (κ1) is 61.8. The van der Waals surface area contributed by atoms with Crippen molar-refractivity contribution in [3.8, 4) is 0 Å². The molecule has 10 heteroatoms. The Kier molecular flexibility index (Phi) is 45.0. The second-order valence-corrected chi connectivity index (χ2v) is 21.0. The molecule has 0 radical (unpaired) electrons. The van der Waals surface area contributed by atoms with Gasteiger partial charge in [-0.2, -0.15) is 0 Å². The monoisotopic (exact) mass is 914 g/mol. The van der Waals surface area contributed by atoms with E-state index in [-0.39, 0.29) is 32.0 Å². The van der Waals surface area contributed by atoms with E-state index in [9.17, 15) is 19.0 Å². The van der Waals surface area contributed by atoms with Gasteiger partial charge in [0.25, 0.3) is 7.82 Å². The van der Waals surface area contributed by atoms with Gasteiger partial charge in [-0.05, 0) is 32.1 Å². The third-order valence-electron chi connectivity index (χ3n) is 12.0. The summed E-state index contributed by atoms with van der Waals surface area (Å²) in [5, 5.41) is 0. The van der Waals surface area contributed by atoms with Gasteiger partial charge in [0, 0.05) is 12.8 Å². The molecule has 2 atom stereocenters. The average Bonchev–Trinajstić information content (AvgIpc) is 3.24. The van der Waals surface area contributed by atoms with E-state index in [1.54, 1.807) is 0 Å². The molecule has 0 aromatic rings. The SMILES string of the molecule is CCC/C=C\CCCCCCCC(=O)OC(COC(=O)CCCCCCCCCCCCCCCCCCCCCCCCCCCCCCC)COP(=O)([O-])OCC[N+](C)(C)C. The standard InChI is InChI=1S/C53H104NO8P/c1-6-8-10-12-14-16-18-19-20-21-22-23-24-25-26-27-28-29-30-31-32-33-34-35-36-38-39-41-43-45-52(55)59-49-51(50-61-63(57,58)60-48-47-54(3,4)5)62-53(56)46-44-42-40-37-17-15-13-11-9-7-2/h11,13,51H,6-10,12,14-50H2,1-5H3/b13-11-. The smallest absolute Gasteiger partial charge is 0.306 e. The Morgan fingerprint density at radius 2 is 0.841 bits per heavy atom. The summed E-state index contributed by atoms with van der Waals surface area (Å²) >= 11 is 0. The lowest BCUT2D eigenvalue weighted by Gasteiger charge is -2.28. The maximum atomic E-state index is 12.6. The number of esters is 2. The Hall–Kier alpha value is -1.25. The average molecular weight is 914 g/mol. The highest BCUT2D eigenvalue weighted by Crippen LogP contribution is 2.38. The largest absolute Gasteiger partial charge is 0.756 e. The van der Waals surface area contributed by atoms with Crippen molar-refractivity contribution in [1.29, 1.82) is 0 Å². The van der Waals surface area contributed by atoms with Crippen molar-refractivity contribution in [2.75, 3.05) is 47.5 Å². The molecular weight excluding hydrogens is 810 g/mol. The third-order valence-corrected chi connectivity index (χ3v) is 13.0. The number of quaternary nitrogens is 1. The fraction of sp³-hybridized carbons (Fsp3) is 0.925. The minimum absolute atomic E-state index is 0.0293. The minimum Gasteiger partial charge on any atom is -0.756 e. The molecule has 0 bridgehead atoms. The summed E-state index contributed by atoms with van der Waals surface area (Å²) in [6.45, 7) is 4.19. The van der Waals surface area contributed by atoms with E-state index < -0.39 is 26.5 Å². The second kappa shape index (κ2) is 45.9. The van der Waals surface area contributed by atoms with Gasteiger partial charge >= 0.3 is 11.9 Å². The van der Waals surface area contributed by atoms with Crippen LogP contribution in [0, 0.1) is 0 Å². The Balaban J connectivity index is 3.95. The van der Waals surface area contributed by atoms with Gasteiger partial charge in [0.05, 0.1) is 27.7 Å². The van der Waals surface area contributed by atoms with Gasteiger partial charge in [0.1, 0.15) is 19.8 Å². The number of nitrogens with zero attached hydrogens (tertiary/aromatic N) is 1. The molecule has 0 saturated carbocycles. The van der Waals surface area contributed by atoms with Crippen LogP contribution in [0.5, 0.6) is 0 Å². The van der Waals surface area contributed by atoms with Crippen molar-refractivity contribution in [3.05, 3.63) is 12.2 Å². The summed E-state index contributed by atoms with van der Waals surface area (Å²) in [6, 6.07) is 0. The molecule has 0 amide bonds. The summed E-state index contributed by atoms with van der Waals surface area (Å²) in [5.41, 5.74) is 0. The number of phosphoric acid groups is 1. The normalized spacial score (nSPS) is 13.4. The molecule has 2 unspecified atom stereocenters. The number of phosphoric ester groups is 1. The first-order chi connectivity index (χ1) is 30.5. The van der Waals surface area contributed by atoms with Crippen LogP contribution < -0.4 is 4.89 Å². The van der Waals surface area contributed by atoms with Crippen LogP contribution in [0.25, 0.3) is 0 Å². The quantitative estimate of drug-likeness (QED) is 0.0195. The van der Waals surface area contributed by atoms with E-state index in [0.717, 1.165) is 57.8 Å². The van der Waals surface area contributed by atoms with Crippen molar-refractivity contribution in [3.63, 3.8) is 0 Å². The van der Waals surface area contributed by atoms with Crippen LogP contribution in [0.15, 0.2) is 12.2 Å². The number of hydrogen-bond donors (Lipinski definition) is 0. The number of hydrogen-bond acceptors (Lipinski definition) is 8. The molecule has 9 nitrogen and oxygen atoms in total. The molecule has 0 aliphatic heterocycles. The summed E-state index contributed by atoms with van der Waals surface area (Å²) in [7, 11) is 1.17. The zero-order valence-corrected chi connectivity index (χ0v) is 43.2. The number of ether oxygens (including phenoxy) is 2. The van der Waals surface area contributed by atoms with Gasteiger partial charge in [-0.3, -0.25) is 14.2 Å². The van der Waals surface area contributed by atoms with Gasteiger partial charge in [0.2, 0.25) is 0 Å². The Morgan fingerprint density at radius 3 is 1.24 bits per heavy atom. The summed E-state index contributed by atoms with van der Waals surface area (Å²) < 4.78 is 33.9. The molecule has 0 aliphatic rings. The van der Waals surface area contributed by atoms with E-state index in [1.165, 1.54) is 173 Å². The van der Waals surface area contributed by atoms with E-state index in [0.29, 0.717) is 17.4 Å². The fourth-order valence-electron chi connectivity index (χ4n) is 7.84. The van der Waals surface area contributed by atoms with Crippen LogP contribution in [0.4, 0.5) is 0 Å². The first-order valence-electron chi connectivity index (χ1n) is 26.9. The fourth-order valence-corrected chi connectivity index (χ4v) is 8.57. The maximum absolute atomic E-state index is 12.6. The molecule has 0 fully saturated rings. The molecular formula is C53H104NO8P. The highest BCUT2D eigenvalue weighted by Gasteiger charge is 2.21. The van der Waals surface area contributed by atoms with Crippen LogP contribution in [0.1, 0.15) is 264 Å². The van der Waals surface area contributed by atoms with E-state index in [1.807, 2.05) is 21.1 Å². The van der Waals surface area contributed by atoms with Gasteiger partial charge in [-0.15, -0.1) is 0 Å².